The molecule has 0 atom stereocenters. The molecule has 4 heteroatoms. The second-order valence-corrected chi connectivity index (χ2v) is 7.30. The maximum absolute atomic E-state index is 12.3. The van der Waals surface area contributed by atoms with Crippen LogP contribution < -0.4 is 5.32 Å². The number of aryl methyl sites for hydroxylation is 2. The summed E-state index contributed by atoms with van der Waals surface area (Å²) in [5.41, 5.74) is 4.31. The Balaban J connectivity index is 1.97. The van der Waals surface area contributed by atoms with E-state index in [4.69, 9.17) is 11.6 Å². The van der Waals surface area contributed by atoms with Crippen LogP contribution in [0.2, 0.25) is 5.02 Å². The number of anilines is 1. The number of amides is 1. The minimum Gasteiger partial charge on any atom is -0.326 e. The lowest BCUT2D eigenvalue weighted by atomic mass is 10.0. The lowest BCUT2D eigenvalue weighted by Crippen LogP contribution is -2.15. The quantitative estimate of drug-likeness (QED) is 0.622. The molecule has 0 spiro atoms. The number of nitrogens with one attached hydrogen (secondary N) is 1. The molecule has 0 aromatic heterocycles. The van der Waals surface area contributed by atoms with Gasteiger partial charge in [-0.1, -0.05) is 49.2 Å². The van der Waals surface area contributed by atoms with Gasteiger partial charge in [0.25, 0.3) is 0 Å². The first-order valence-electron chi connectivity index (χ1n) is 8.34. The van der Waals surface area contributed by atoms with Crippen LogP contribution in [-0.2, 0) is 17.6 Å². The normalized spacial score (nSPS) is 10.7. The molecule has 0 bridgehead atoms. The van der Waals surface area contributed by atoms with Gasteiger partial charge in [0.15, 0.2) is 0 Å². The van der Waals surface area contributed by atoms with Gasteiger partial charge in [-0.25, -0.2) is 0 Å². The molecule has 2 rings (SSSR count). The zero-order valence-corrected chi connectivity index (χ0v) is 16.1. The van der Waals surface area contributed by atoms with Crippen LogP contribution in [0.15, 0.2) is 41.3 Å². The molecule has 0 heterocycles. The standard InChI is InChI=1S/C20H24ClNOS/c1-4-15-8-11-18(21)17(5-2)20(15)22-19(23)12-13-24-16-9-6-14(3)7-10-16/h6-11H,4-5,12-13H2,1-3H3,(H,22,23). The van der Waals surface area contributed by atoms with Crippen LogP contribution in [0.5, 0.6) is 0 Å². The van der Waals surface area contributed by atoms with Crippen molar-refractivity contribution >= 4 is 35.0 Å². The van der Waals surface area contributed by atoms with Crippen molar-refractivity contribution in [1.82, 2.24) is 0 Å². The van der Waals surface area contributed by atoms with E-state index in [1.807, 2.05) is 12.1 Å². The summed E-state index contributed by atoms with van der Waals surface area (Å²) in [4.78, 5) is 13.5. The van der Waals surface area contributed by atoms with Crippen molar-refractivity contribution < 1.29 is 4.79 Å². The molecule has 0 radical (unpaired) electrons. The summed E-state index contributed by atoms with van der Waals surface area (Å²) in [6, 6.07) is 12.3. The number of halogens is 1. The van der Waals surface area contributed by atoms with Gasteiger partial charge in [0, 0.05) is 27.8 Å². The van der Waals surface area contributed by atoms with Crippen molar-refractivity contribution in [2.24, 2.45) is 0 Å². The fraction of sp³-hybridized carbons (Fsp3) is 0.350. The van der Waals surface area contributed by atoms with Crippen LogP contribution in [0.4, 0.5) is 5.69 Å². The monoisotopic (exact) mass is 361 g/mol. The molecule has 0 aliphatic rings. The number of thioether (sulfide) groups is 1. The third kappa shape index (κ3) is 5.02. The van der Waals surface area contributed by atoms with E-state index in [0.29, 0.717) is 6.42 Å². The molecule has 2 nitrogen and oxygen atoms in total. The molecule has 1 N–H and O–H groups in total. The van der Waals surface area contributed by atoms with Gasteiger partial charge < -0.3 is 5.32 Å². The average molecular weight is 362 g/mol. The summed E-state index contributed by atoms with van der Waals surface area (Å²) in [5, 5.41) is 3.80. The highest BCUT2D eigenvalue weighted by molar-refractivity contribution is 7.99. The molecule has 0 saturated heterocycles. The Morgan fingerprint density at radius 3 is 2.42 bits per heavy atom. The molecule has 24 heavy (non-hydrogen) atoms. The van der Waals surface area contributed by atoms with E-state index >= 15 is 0 Å². The van der Waals surface area contributed by atoms with Gasteiger partial charge in [-0.05, 0) is 49.1 Å². The van der Waals surface area contributed by atoms with Crippen LogP contribution in [-0.4, -0.2) is 11.7 Å². The van der Waals surface area contributed by atoms with Crippen LogP contribution in [0.1, 0.15) is 37.0 Å². The second kappa shape index (κ2) is 9.14. The van der Waals surface area contributed by atoms with Gasteiger partial charge in [0.1, 0.15) is 0 Å². The average Bonchev–Trinajstić information content (AvgIpc) is 2.57. The van der Waals surface area contributed by atoms with Gasteiger partial charge in [0.05, 0.1) is 0 Å². The number of carbonyl (C=O) groups is 1. The third-order valence-corrected chi connectivity index (χ3v) is 5.33. The SMILES string of the molecule is CCc1ccc(Cl)c(CC)c1NC(=O)CCSc1ccc(C)cc1. The van der Waals surface area contributed by atoms with Crippen LogP contribution in [0.3, 0.4) is 0 Å². The predicted molar refractivity (Wildman–Crippen MR) is 105 cm³/mol. The van der Waals surface area contributed by atoms with Gasteiger partial charge in [-0.15, -0.1) is 11.8 Å². The summed E-state index contributed by atoms with van der Waals surface area (Å²) in [7, 11) is 0. The van der Waals surface area contributed by atoms with Gasteiger partial charge in [0.2, 0.25) is 5.91 Å². The molecular weight excluding hydrogens is 338 g/mol. The van der Waals surface area contributed by atoms with E-state index in [1.165, 1.54) is 10.5 Å². The first-order chi connectivity index (χ1) is 11.5. The highest BCUT2D eigenvalue weighted by atomic mass is 35.5. The van der Waals surface area contributed by atoms with E-state index in [-0.39, 0.29) is 5.91 Å². The van der Waals surface area contributed by atoms with Crippen molar-refractivity contribution in [1.29, 1.82) is 0 Å². The highest BCUT2D eigenvalue weighted by Crippen LogP contribution is 2.30. The Morgan fingerprint density at radius 2 is 1.79 bits per heavy atom. The number of carbonyl (C=O) groups excluding carboxylic acids is 1. The van der Waals surface area contributed by atoms with Crippen molar-refractivity contribution in [3.05, 3.63) is 58.1 Å². The zero-order valence-electron chi connectivity index (χ0n) is 14.5. The number of benzene rings is 2. The van der Waals surface area contributed by atoms with Gasteiger partial charge in [-0.2, -0.15) is 0 Å². The number of rotatable bonds is 7. The van der Waals surface area contributed by atoms with E-state index in [2.05, 4.69) is 50.4 Å². The minimum absolute atomic E-state index is 0.0429. The van der Waals surface area contributed by atoms with Crippen molar-refractivity contribution in [2.45, 2.75) is 44.9 Å². The van der Waals surface area contributed by atoms with E-state index in [0.717, 1.165) is 40.4 Å². The molecular formula is C20H24ClNOS. The first kappa shape index (κ1) is 18.9. The molecule has 0 aliphatic heterocycles. The molecule has 0 saturated carbocycles. The van der Waals surface area contributed by atoms with Crippen molar-refractivity contribution in [3.8, 4) is 0 Å². The molecule has 1 amide bonds. The summed E-state index contributed by atoms with van der Waals surface area (Å²) < 4.78 is 0. The van der Waals surface area contributed by atoms with E-state index in [1.54, 1.807) is 11.8 Å². The molecule has 128 valence electrons. The van der Waals surface area contributed by atoms with Crippen LogP contribution >= 0.6 is 23.4 Å². The van der Waals surface area contributed by atoms with E-state index in [9.17, 15) is 4.79 Å². The zero-order chi connectivity index (χ0) is 17.5. The molecule has 0 fully saturated rings. The van der Waals surface area contributed by atoms with Crippen molar-refractivity contribution in [2.75, 3.05) is 11.1 Å². The lowest BCUT2D eigenvalue weighted by molar-refractivity contribution is -0.115. The highest BCUT2D eigenvalue weighted by Gasteiger charge is 2.13. The molecule has 0 aliphatic carbocycles. The summed E-state index contributed by atoms with van der Waals surface area (Å²) in [5.74, 6) is 0.805. The predicted octanol–water partition coefficient (Wildman–Crippen LogP) is 5.89. The maximum Gasteiger partial charge on any atom is 0.225 e. The van der Waals surface area contributed by atoms with Crippen molar-refractivity contribution in [3.63, 3.8) is 0 Å². The Labute approximate surface area is 154 Å². The maximum atomic E-state index is 12.3. The fourth-order valence-electron chi connectivity index (χ4n) is 2.56. The first-order valence-corrected chi connectivity index (χ1v) is 9.71. The third-order valence-electron chi connectivity index (χ3n) is 3.96. The Bertz CT molecular complexity index is 698. The van der Waals surface area contributed by atoms with Crippen LogP contribution in [0, 0.1) is 6.92 Å². The van der Waals surface area contributed by atoms with E-state index < -0.39 is 0 Å². The molecule has 2 aromatic carbocycles. The molecule has 0 unspecified atom stereocenters. The summed E-state index contributed by atoms with van der Waals surface area (Å²) in [6.07, 6.45) is 2.16. The number of hydrogen-bond acceptors (Lipinski definition) is 2. The Morgan fingerprint density at radius 1 is 1.08 bits per heavy atom. The number of hydrogen-bond donors (Lipinski definition) is 1. The van der Waals surface area contributed by atoms with Gasteiger partial charge in [-0.3, -0.25) is 4.79 Å². The smallest absolute Gasteiger partial charge is 0.225 e. The fourth-order valence-corrected chi connectivity index (χ4v) is 3.71. The topological polar surface area (TPSA) is 29.1 Å². The van der Waals surface area contributed by atoms with Crippen LogP contribution in [0.25, 0.3) is 0 Å². The largest absolute Gasteiger partial charge is 0.326 e. The Hall–Kier alpha value is -1.45. The van der Waals surface area contributed by atoms with Gasteiger partial charge >= 0.3 is 0 Å². The Kier molecular flexibility index (Phi) is 7.19. The summed E-state index contributed by atoms with van der Waals surface area (Å²) >= 11 is 7.99. The minimum atomic E-state index is 0.0429. The lowest BCUT2D eigenvalue weighted by Gasteiger charge is -2.16. The second-order valence-electron chi connectivity index (χ2n) is 5.73. The molecule has 2 aromatic rings. The summed E-state index contributed by atoms with van der Waals surface area (Å²) in [6.45, 7) is 6.22.